The number of benzene rings is 1. The molecule has 1 aromatic carbocycles. The molecule has 0 saturated carbocycles. The van der Waals surface area contributed by atoms with Gasteiger partial charge in [0.25, 0.3) is 0 Å². The van der Waals surface area contributed by atoms with Crippen LogP contribution in [-0.2, 0) is 17.5 Å². The highest BCUT2D eigenvalue weighted by atomic mass is 19.4. The molecular weight excluding hydrogens is 285 g/mol. The number of carbonyl (C=O) groups excluding carboxylic acids is 1. The standard InChI is InChI=1S/C14H13F3N2O2/c1-21-13(20)12-3-2-6-19(12)11-5-4-9(8-18)7-10(11)14(15,16)17/h2-7H,8,18H2,1H3. The third kappa shape index (κ3) is 2.92. The van der Waals surface area contributed by atoms with Crippen molar-refractivity contribution in [2.45, 2.75) is 12.7 Å². The topological polar surface area (TPSA) is 57.2 Å². The molecule has 1 heterocycles. The Labute approximate surface area is 118 Å². The van der Waals surface area contributed by atoms with Crippen molar-refractivity contribution in [2.75, 3.05) is 7.11 Å². The van der Waals surface area contributed by atoms with E-state index in [2.05, 4.69) is 4.74 Å². The lowest BCUT2D eigenvalue weighted by molar-refractivity contribution is -0.137. The first-order valence-electron chi connectivity index (χ1n) is 6.04. The Bertz CT molecular complexity index is 662. The van der Waals surface area contributed by atoms with Gasteiger partial charge in [0, 0.05) is 12.7 Å². The molecule has 0 atom stereocenters. The summed E-state index contributed by atoms with van der Waals surface area (Å²) in [5.41, 5.74) is 4.76. The number of halogens is 3. The zero-order valence-electron chi connectivity index (χ0n) is 11.1. The number of alkyl halides is 3. The fraction of sp³-hybridized carbons (Fsp3) is 0.214. The van der Waals surface area contributed by atoms with E-state index in [4.69, 9.17) is 5.73 Å². The van der Waals surface area contributed by atoms with Gasteiger partial charge in [0.05, 0.1) is 18.4 Å². The number of ether oxygens (including phenoxy) is 1. The van der Waals surface area contributed by atoms with Crippen LogP contribution < -0.4 is 5.73 Å². The average molecular weight is 298 g/mol. The molecule has 21 heavy (non-hydrogen) atoms. The summed E-state index contributed by atoms with van der Waals surface area (Å²) in [6.45, 7) is -0.00109. The SMILES string of the molecule is COC(=O)c1cccn1-c1ccc(CN)cc1C(F)(F)F. The summed E-state index contributed by atoms with van der Waals surface area (Å²) in [7, 11) is 1.17. The van der Waals surface area contributed by atoms with Crippen LogP contribution in [0.4, 0.5) is 13.2 Å². The first kappa shape index (κ1) is 15.1. The molecule has 2 N–H and O–H groups in total. The molecule has 7 heteroatoms. The van der Waals surface area contributed by atoms with E-state index >= 15 is 0 Å². The number of methoxy groups -OCH3 is 1. The second-order valence-corrected chi connectivity index (χ2v) is 4.31. The molecule has 0 radical (unpaired) electrons. The molecule has 0 aliphatic rings. The van der Waals surface area contributed by atoms with Gasteiger partial charge in [-0.1, -0.05) is 6.07 Å². The summed E-state index contributed by atoms with van der Waals surface area (Å²) < 4.78 is 45.3. The molecular formula is C14H13F3N2O2. The fourth-order valence-corrected chi connectivity index (χ4v) is 2.01. The number of nitrogens with zero attached hydrogens (tertiary/aromatic N) is 1. The molecule has 0 aliphatic heterocycles. The quantitative estimate of drug-likeness (QED) is 0.886. The number of rotatable bonds is 3. The van der Waals surface area contributed by atoms with Gasteiger partial charge in [-0.15, -0.1) is 0 Å². The summed E-state index contributed by atoms with van der Waals surface area (Å²) in [4.78, 5) is 11.6. The normalized spacial score (nSPS) is 11.5. The molecule has 4 nitrogen and oxygen atoms in total. The highest BCUT2D eigenvalue weighted by Gasteiger charge is 2.34. The summed E-state index contributed by atoms with van der Waals surface area (Å²) in [5.74, 6) is -0.712. The van der Waals surface area contributed by atoms with E-state index in [1.165, 1.54) is 37.6 Å². The van der Waals surface area contributed by atoms with E-state index in [9.17, 15) is 18.0 Å². The molecule has 0 saturated heterocycles. The Morgan fingerprint density at radius 2 is 2.05 bits per heavy atom. The van der Waals surface area contributed by atoms with Crippen molar-refractivity contribution in [3.63, 3.8) is 0 Å². The van der Waals surface area contributed by atoms with Crippen LogP contribution in [0, 0.1) is 0 Å². The van der Waals surface area contributed by atoms with Crippen LogP contribution >= 0.6 is 0 Å². The second kappa shape index (κ2) is 5.61. The highest BCUT2D eigenvalue weighted by molar-refractivity contribution is 5.88. The monoisotopic (exact) mass is 298 g/mol. The van der Waals surface area contributed by atoms with Crippen molar-refractivity contribution in [1.82, 2.24) is 4.57 Å². The lowest BCUT2D eigenvalue weighted by atomic mass is 10.1. The van der Waals surface area contributed by atoms with Crippen molar-refractivity contribution in [2.24, 2.45) is 5.73 Å². The molecule has 0 unspecified atom stereocenters. The average Bonchev–Trinajstić information content (AvgIpc) is 2.94. The number of hydrogen-bond donors (Lipinski definition) is 1. The van der Waals surface area contributed by atoms with Gasteiger partial charge in [0.15, 0.2) is 0 Å². The molecule has 112 valence electrons. The van der Waals surface area contributed by atoms with Crippen LogP contribution in [-0.4, -0.2) is 17.6 Å². The third-order valence-corrected chi connectivity index (χ3v) is 3.00. The highest BCUT2D eigenvalue weighted by Crippen LogP contribution is 2.35. The van der Waals surface area contributed by atoms with Gasteiger partial charge in [-0.3, -0.25) is 0 Å². The smallest absolute Gasteiger partial charge is 0.418 e. The summed E-state index contributed by atoms with van der Waals surface area (Å²) in [6, 6.07) is 6.63. The van der Waals surface area contributed by atoms with Gasteiger partial charge < -0.3 is 15.0 Å². The van der Waals surface area contributed by atoms with Gasteiger partial charge in [0.2, 0.25) is 0 Å². The molecule has 0 fully saturated rings. The minimum absolute atomic E-state index is 0.00109. The van der Waals surface area contributed by atoms with Gasteiger partial charge in [-0.25, -0.2) is 4.79 Å². The predicted octanol–water partition coefficient (Wildman–Crippen LogP) is 2.74. The second-order valence-electron chi connectivity index (χ2n) is 4.31. The van der Waals surface area contributed by atoms with Crippen molar-refractivity contribution >= 4 is 5.97 Å². The summed E-state index contributed by atoms with van der Waals surface area (Å²) in [6.07, 6.45) is -3.18. The van der Waals surface area contributed by atoms with Crippen LogP contribution in [0.25, 0.3) is 5.69 Å². The van der Waals surface area contributed by atoms with E-state index in [1.807, 2.05) is 0 Å². The number of nitrogens with two attached hydrogens (primary N) is 1. The van der Waals surface area contributed by atoms with Crippen LogP contribution in [0.3, 0.4) is 0 Å². The lowest BCUT2D eigenvalue weighted by Crippen LogP contribution is -2.15. The van der Waals surface area contributed by atoms with E-state index in [-0.39, 0.29) is 17.9 Å². The molecule has 0 amide bonds. The van der Waals surface area contributed by atoms with Gasteiger partial charge in [-0.05, 0) is 29.8 Å². The molecule has 2 aromatic rings. The van der Waals surface area contributed by atoms with Gasteiger partial charge >= 0.3 is 12.1 Å². The first-order valence-corrected chi connectivity index (χ1v) is 6.04. The minimum Gasteiger partial charge on any atom is -0.464 e. The molecule has 0 aliphatic carbocycles. The Morgan fingerprint density at radius 3 is 2.62 bits per heavy atom. The summed E-state index contributed by atoms with van der Waals surface area (Å²) >= 11 is 0. The number of esters is 1. The molecule has 0 spiro atoms. The molecule has 0 bridgehead atoms. The van der Waals surface area contributed by atoms with Crippen molar-refractivity contribution in [1.29, 1.82) is 0 Å². The maximum absolute atomic E-state index is 13.2. The van der Waals surface area contributed by atoms with Crippen LogP contribution in [0.15, 0.2) is 36.5 Å². The van der Waals surface area contributed by atoms with Crippen LogP contribution in [0.5, 0.6) is 0 Å². The third-order valence-electron chi connectivity index (χ3n) is 3.00. The molecule has 2 rings (SSSR count). The maximum atomic E-state index is 13.2. The Kier molecular flexibility index (Phi) is 4.04. The van der Waals surface area contributed by atoms with Crippen molar-refractivity contribution in [3.8, 4) is 5.69 Å². The number of carbonyl (C=O) groups is 1. The zero-order chi connectivity index (χ0) is 15.6. The number of hydrogen-bond acceptors (Lipinski definition) is 3. The van der Waals surface area contributed by atoms with E-state index < -0.39 is 17.7 Å². The van der Waals surface area contributed by atoms with Crippen LogP contribution in [0.2, 0.25) is 0 Å². The number of aromatic nitrogens is 1. The fourth-order valence-electron chi connectivity index (χ4n) is 2.01. The van der Waals surface area contributed by atoms with Gasteiger partial charge in [0.1, 0.15) is 5.69 Å². The van der Waals surface area contributed by atoms with Crippen molar-refractivity contribution in [3.05, 3.63) is 53.3 Å². The first-order chi connectivity index (χ1) is 9.88. The van der Waals surface area contributed by atoms with E-state index in [0.717, 1.165) is 10.6 Å². The van der Waals surface area contributed by atoms with Crippen LogP contribution in [0.1, 0.15) is 21.6 Å². The van der Waals surface area contributed by atoms with E-state index in [0.29, 0.717) is 5.56 Å². The molecule has 1 aromatic heterocycles. The predicted molar refractivity (Wildman–Crippen MR) is 70.0 cm³/mol. The van der Waals surface area contributed by atoms with Crippen molar-refractivity contribution < 1.29 is 22.7 Å². The van der Waals surface area contributed by atoms with Gasteiger partial charge in [-0.2, -0.15) is 13.2 Å². The largest absolute Gasteiger partial charge is 0.464 e. The Morgan fingerprint density at radius 1 is 1.33 bits per heavy atom. The summed E-state index contributed by atoms with van der Waals surface area (Å²) in [5, 5.41) is 0. The zero-order valence-corrected chi connectivity index (χ0v) is 11.1. The maximum Gasteiger partial charge on any atom is 0.418 e. The lowest BCUT2D eigenvalue weighted by Gasteiger charge is -2.16. The Hall–Kier alpha value is -2.28. The minimum atomic E-state index is -4.56. The van der Waals surface area contributed by atoms with E-state index in [1.54, 1.807) is 0 Å². The Balaban J connectivity index is 2.64.